The van der Waals surface area contributed by atoms with Gasteiger partial charge in [-0.3, -0.25) is 14.4 Å². The first-order valence-electron chi connectivity index (χ1n) is 4.79. The van der Waals surface area contributed by atoms with Gasteiger partial charge >= 0.3 is 11.9 Å². The van der Waals surface area contributed by atoms with Crippen molar-refractivity contribution in [2.24, 2.45) is 5.92 Å². The van der Waals surface area contributed by atoms with Gasteiger partial charge in [-0.25, -0.2) is 0 Å². The van der Waals surface area contributed by atoms with Crippen LogP contribution in [0, 0.1) is 5.92 Å². The minimum Gasteiger partial charge on any atom is -0.481 e. The highest BCUT2D eigenvalue weighted by Crippen LogP contribution is 2.05. The first-order valence-corrected chi connectivity index (χ1v) is 4.79. The molecule has 0 bridgehead atoms. The molecule has 0 aromatic rings. The summed E-state index contributed by atoms with van der Waals surface area (Å²) in [6, 6.07) is 0. The Bertz CT molecular complexity index is 211. The molecule has 0 aliphatic heterocycles. The average molecular weight is 248 g/mol. The number of carboxylic acid groups (broad SMARTS) is 2. The van der Waals surface area contributed by atoms with Crippen LogP contribution in [0.5, 0.6) is 0 Å². The van der Waals surface area contributed by atoms with E-state index in [-0.39, 0.29) is 35.5 Å². The van der Waals surface area contributed by atoms with Crippen molar-refractivity contribution in [1.82, 2.24) is 0 Å². The molecule has 0 aromatic heterocycles. The summed E-state index contributed by atoms with van der Waals surface area (Å²) >= 11 is 0. The quantitative estimate of drug-likeness (QED) is 0.542. The van der Waals surface area contributed by atoms with Crippen LogP contribution in [0.1, 0.15) is 40.0 Å². The standard InChI is InChI=1S/C6H12O2.C4H6O3.Al.3H/c1-3-5(4-2)6(7)8;1-3(5)2-4(6)7;;;;/h5H,3-4H2,1-2H3,(H,7,8);2H2,1H3,(H,6,7);;;;. The topological polar surface area (TPSA) is 91.7 Å². The van der Waals surface area contributed by atoms with Gasteiger partial charge in [0.1, 0.15) is 12.2 Å². The molecule has 6 heteroatoms. The molecule has 0 rings (SSSR count). The van der Waals surface area contributed by atoms with Crippen molar-refractivity contribution in [3.63, 3.8) is 0 Å². The summed E-state index contributed by atoms with van der Waals surface area (Å²) in [5, 5.41) is 16.2. The Morgan fingerprint density at radius 1 is 1.06 bits per heavy atom. The van der Waals surface area contributed by atoms with Crippen LogP contribution in [0.4, 0.5) is 0 Å². The molecule has 0 unspecified atom stereocenters. The van der Waals surface area contributed by atoms with Gasteiger partial charge in [0.15, 0.2) is 17.4 Å². The molecule has 0 amide bonds. The molecule has 2 N–H and O–H groups in total. The lowest BCUT2D eigenvalue weighted by Gasteiger charge is -2.02. The molecule has 0 heterocycles. The minimum absolute atomic E-state index is 0. The van der Waals surface area contributed by atoms with E-state index in [0.29, 0.717) is 0 Å². The number of carbonyl (C=O) groups is 3. The van der Waals surface area contributed by atoms with Crippen molar-refractivity contribution in [3.05, 3.63) is 0 Å². The van der Waals surface area contributed by atoms with Crippen molar-refractivity contribution in [1.29, 1.82) is 0 Å². The third-order valence-electron chi connectivity index (χ3n) is 1.74. The van der Waals surface area contributed by atoms with Crippen LogP contribution in [0.15, 0.2) is 0 Å². The summed E-state index contributed by atoms with van der Waals surface area (Å²) < 4.78 is 0. The van der Waals surface area contributed by atoms with Crippen LogP contribution in [0.25, 0.3) is 0 Å². The second-order valence-corrected chi connectivity index (χ2v) is 3.12. The number of rotatable bonds is 5. The van der Waals surface area contributed by atoms with E-state index < -0.39 is 11.9 Å². The number of hydrogen-bond acceptors (Lipinski definition) is 3. The maximum absolute atomic E-state index is 10.2. The molecule has 0 atom stereocenters. The monoisotopic (exact) mass is 248 g/mol. The smallest absolute Gasteiger partial charge is 0.310 e. The van der Waals surface area contributed by atoms with E-state index in [1.165, 1.54) is 6.92 Å². The second kappa shape index (κ2) is 12.2. The Kier molecular flexibility index (Phi) is 15.7. The van der Waals surface area contributed by atoms with Crippen molar-refractivity contribution in [2.75, 3.05) is 0 Å². The van der Waals surface area contributed by atoms with E-state index in [9.17, 15) is 14.4 Å². The molecule has 0 aliphatic carbocycles. The highest BCUT2D eigenvalue weighted by atomic mass is 27.0. The number of carbonyl (C=O) groups excluding carboxylic acids is 1. The van der Waals surface area contributed by atoms with E-state index in [1.807, 2.05) is 13.8 Å². The summed E-state index contributed by atoms with van der Waals surface area (Å²) in [4.78, 5) is 29.6. The number of Topliss-reactive ketones (excluding diaryl/α,β-unsaturated/α-hetero) is 1. The van der Waals surface area contributed by atoms with Gasteiger partial charge in [0.05, 0.1) is 5.92 Å². The zero-order chi connectivity index (χ0) is 12.4. The van der Waals surface area contributed by atoms with Gasteiger partial charge in [-0.05, 0) is 19.8 Å². The van der Waals surface area contributed by atoms with E-state index >= 15 is 0 Å². The van der Waals surface area contributed by atoms with Gasteiger partial charge in [-0.15, -0.1) is 0 Å². The molecular weight excluding hydrogens is 227 g/mol. The van der Waals surface area contributed by atoms with Crippen LogP contribution in [0.3, 0.4) is 0 Å². The van der Waals surface area contributed by atoms with E-state index in [0.717, 1.165) is 12.8 Å². The molecule has 16 heavy (non-hydrogen) atoms. The number of ketones is 1. The van der Waals surface area contributed by atoms with Crippen LogP contribution in [0.2, 0.25) is 0 Å². The maximum atomic E-state index is 10.2. The van der Waals surface area contributed by atoms with Gasteiger partial charge in [-0.1, -0.05) is 13.8 Å². The van der Waals surface area contributed by atoms with Crippen molar-refractivity contribution in [3.8, 4) is 0 Å². The van der Waals surface area contributed by atoms with Gasteiger partial charge in [-0.2, -0.15) is 0 Å². The van der Waals surface area contributed by atoms with Crippen molar-refractivity contribution < 1.29 is 24.6 Å². The molecule has 0 saturated carbocycles. The molecule has 5 nitrogen and oxygen atoms in total. The van der Waals surface area contributed by atoms with E-state index in [4.69, 9.17) is 10.2 Å². The molecule has 0 radical (unpaired) electrons. The molecular formula is C10H21AlO5. The van der Waals surface area contributed by atoms with Crippen LogP contribution in [-0.4, -0.2) is 45.3 Å². The molecule has 0 spiro atoms. The third-order valence-corrected chi connectivity index (χ3v) is 1.74. The Balaban J connectivity index is -0.000000200. The van der Waals surface area contributed by atoms with Gasteiger partial charge in [0, 0.05) is 0 Å². The first kappa shape index (κ1) is 20.5. The molecule has 0 aromatic carbocycles. The van der Waals surface area contributed by atoms with Crippen molar-refractivity contribution >= 4 is 35.1 Å². The fourth-order valence-electron chi connectivity index (χ4n) is 0.851. The Morgan fingerprint density at radius 2 is 1.44 bits per heavy atom. The average Bonchev–Trinajstić information content (AvgIpc) is 2.03. The Morgan fingerprint density at radius 3 is 1.44 bits per heavy atom. The van der Waals surface area contributed by atoms with Crippen molar-refractivity contribution in [2.45, 2.75) is 40.0 Å². The summed E-state index contributed by atoms with van der Waals surface area (Å²) in [6.45, 7) is 5.03. The SMILES string of the molecule is CC(=O)CC(=O)O.CCC(CC)C(=O)O.[AlH3]. The zero-order valence-corrected chi connectivity index (χ0v) is 9.32. The Hall–Kier alpha value is -0.858. The lowest BCUT2D eigenvalue weighted by molar-refractivity contribution is -0.142. The summed E-state index contributed by atoms with van der Waals surface area (Å²) in [7, 11) is 0. The largest absolute Gasteiger partial charge is 0.481 e. The fourth-order valence-corrected chi connectivity index (χ4v) is 0.851. The lowest BCUT2D eigenvalue weighted by Crippen LogP contribution is -2.10. The zero-order valence-electron chi connectivity index (χ0n) is 9.32. The van der Waals surface area contributed by atoms with Crippen LogP contribution < -0.4 is 0 Å². The van der Waals surface area contributed by atoms with E-state index in [1.54, 1.807) is 0 Å². The van der Waals surface area contributed by atoms with Crippen LogP contribution >= 0.6 is 0 Å². The number of carboxylic acids is 2. The summed E-state index contributed by atoms with van der Waals surface area (Å²) in [6.07, 6.45) is 1.12. The molecule has 0 fully saturated rings. The number of aliphatic carboxylic acids is 2. The van der Waals surface area contributed by atoms with Gasteiger partial charge < -0.3 is 10.2 Å². The lowest BCUT2D eigenvalue weighted by atomic mass is 10.1. The van der Waals surface area contributed by atoms with E-state index in [2.05, 4.69) is 0 Å². The normalized spacial score (nSPS) is 8.50. The van der Waals surface area contributed by atoms with Gasteiger partial charge in [0.25, 0.3) is 0 Å². The maximum Gasteiger partial charge on any atom is 0.310 e. The molecule has 0 aliphatic rings. The highest BCUT2D eigenvalue weighted by Gasteiger charge is 2.10. The second-order valence-electron chi connectivity index (χ2n) is 3.12. The third kappa shape index (κ3) is 15.6. The highest BCUT2D eigenvalue weighted by molar-refractivity contribution is 5.93. The summed E-state index contributed by atoms with van der Waals surface area (Å²) in [5.41, 5.74) is 0. The first-order chi connectivity index (χ1) is 6.84. The minimum atomic E-state index is -1.06. The number of hydrogen-bond donors (Lipinski definition) is 2. The summed E-state index contributed by atoms with van der Waals surface area (Å²) in [5.74, 6) is -2.18. The van der Waals surface area contributed by atoms with Gasteiger partial charge in [0.2, 0.25) is 0 Å². The predicted molar refractivity (Wildman–Crippen MR) is 64.6 cm³/mol. The molecule has 0 saturated heterocycles. The van der Waals surface area contributed by atoms with Crippen LogP contribution in [-0.2, 0) is 14.4 Å². The predicted octanol–water partition coefficient (Wildman–Crippen LogP) is 0.373. The fraction of sp³-hybridized carbons (Fsp3) is 0.700. The molecule has 94 valence electrons. The Labute approximate surface area is 106 Å².